The molecule has 0 amide bonds. The molecule has 0 saturated heterocycles. The molecule has 5 heteroatoms. The zero-order valence-electron chi connectivity index (χ0n) is 14.7. The summed E-state index contributed by atoms with van der Waals surface area (Å²) >= 11 is 5.92. The molecule has 3 rings (SSSR count). The number of ether oxygens (including phenoxy) is 1. The Labute approximate surface area is 152 Å². The van der Waals surface area contributed by atoms with E-state index in [1.54, 1.807) is 0 Å². The van der Waals surface area contributed by atoms with Crippen LogP contribution in [0.3, 0.4) is 0 Å². The van der Waals surface area contributed by atoms with E-state index < -0.39 is 11.6 Å². The van der Waals surface area contributed by atoms with Gasteiger partial charge in [-0.1, -0.05) is 26.3 Å². The summed E-state index contributed by atoms with van der Waals surface area (Å²) in [5, 5.41) is 0. The Kier molecular flexibility index (Phi) is 5.01. The molecule has 1 aliphatic carbocycles. The number of aromatic nitrogens is 1. The van der Waals surface area contributed by atoms with Gasteiger partial charge in [0.05, 0.1) is 19.2 Å². The molecule has 1 aromatic carbocycles. The van der Waals surface area contributed by atoms with E-state index in [2.05, 4.69) is 18.8 Å². The minimum Gasteiger partial charge on any atom is -0.481 e. The van der Waals surface area contributed by atoms with Crippen LogP contribution in [-0.2, 0) is 5.88 Å². The van der Waals surface area contributed by atoms with Crippen LogP contribution in [0.1, 0.15) is 50.2 Å². The monoisotopic (exact) mass is 365 g/mol. The van der Waals surface area contributed by atoms with Crippen molar-refractivity contribution in [2.24, 2.45) is 5.41 Å². The Morgan fingerprint density at radius 3 is 2.56 bits per heavy atom. The second-order valence-electron chi connectivity index (χ2n) is 7.30. The lowest BCUT2D eigenvalue weighted by atomic mass is 9.75. The van der Waals surface area contributed by atoms with E-state index in [9.17, 15) is 8.78 Å². The number of methoxy groups -OCH3 is 1. The molecule has 1 aliphatic rings. The topological polar surface area (TPSA) is 22.1 Å². The van der Waals surface area contributed by atoms with Gasteiger partial charge in [0, 0.05) is 17.2 Å². The van der Waals surface area contributed by atoms with Gasteiger partial charge in [-0.25, -0.2) is 13.8 Å². The fraction of sp³-hybridized carbons (Fsp3) is 0.450. The van der Waals surface area contributed by atoms with Gasteiger partial charge in [-0.2, -0.15) is 0 Å². The van der Waals surface area contributed by atoms with E-state index in [0.717, 1.165) is 31.0 Å². The number of halogens is 3. The predicted octanol–water partition coefficient (Wildman–Crippen LogP) is 6.07. The second-order valence-corrected chi connectivity index (χ2v) is 7.57. The van der Waals surface area contributed by atoms with Crippen molar-refractivity contribution >= 4 is 11.6 Å². The van der Waals surface area contributed by atoms with E-state index in [1.807, 2.05) is 6.07 Å². The van der Waals surface area contributed by atoms with Gasteiger partial charge < -0.3 is 4.74 Å². The van der Waals surface area contributed by atoms with Crippen molar-refractivity contribution in [1.29, 1.82) is 0 Å². The Balaban J connectivity index is 2.24. The number of hydrogen-bond donors (Lipinski definition) is 0. The van der Waals surface area contributed by atoms with E-state index in [0.29, 0.717) is 22.6 Å². The SMILES string of the molecule is COc1cc(-c2cc(F)c(CCl)cc2[C@@H]2CCCC2(C)C)c(F)cn1. The minimum absolute atomic E-state index is 0.0732. The van der Waals surface area contributed by atoms with Crippen molar-refractivity contribution in [3.05, 3.63) is 47.2 Å². The van der Waals surface area contributed by atoms with Crippen LogP contribution < -0.4 is 4.74 Å². The summed E-state index contributed by atoms with van der Waals surface area (Å²) in [5.41, 5.74) is 2.34. The zero-order valence-corrected chi connectivity index (χ0v) is 15.5. The quantitative estimate of drug-likeness (QED) is 0.613. The van der Waals surface area contributed by atoms with Crippen LogP contribution in [-0.4, -0.2) is 12.1 Å². The third kappa shape index (κ3) is 3.37. The van der Waals surface area contributed by atoms with Gasteiger partial charge in [0.15, 0.2) is 0 Å². The van der Waals surface area contributed by atoms with Crippen LogP contribution in [0, 0.1) is 17.0 Å². The number of rotatable bonds is 4. The molecular formula is C20H22ClF2NO. The molecule has 0 N–H and O–H groups in total. The Morgan fingerprint density at radius 2 is 1.96 bits per heavy atom. The van der Waals surface area contributed by atoms with Gasteiger partial charge in [0.1, 0.15) is 11.6 Å². The molecule has 134 valence electrons. The summed E-state index contributed by atoms with van der Waals surface area (Å²) in [6, 6.07) is 4.73. The van der Waals surface area contributed by atoms with Gasteiger partial charge >= 0.3 is 0 Å². The molecular weight excluding hydrogens is 344 g/mol. The third-order valence-electron chi connectivity index (χ3n) is 5.32. The highest BCUT2D eigenvalue weighted by molar-refractivity contribution is 6.17. The van der Waals surface area contributed by atoms with E-state index >= 15 is 0 Å². The average molecular weight is 366 g/mol. The van der Waals surface area contributed by atoms with Gasteiger partial charge in [-0.3, -0.25) is 0 Å². The zero-order chi connectivity index (χ0) is 18.2. The van der Waals surface area contributed by atoms with Gasteiger partial charge in [0.25, 0.3) is 0 Å². The first-order valence-corrected chi connectivity index (χ1v) is 8.99. The molecule has 1 heterocycles. The molecule has 2 aromatic rings. The normalized spacial score (nSPS) is 19.2. The highest BCUT2D eigenvalue weighted by Crippen LogP contribution is 2.51. The van der Waals surface area contributed by atoms with Crippen molar-refractivity contribution < 1.29 is 13.5 Å². The largest absolute Gasteiger partial charge is 0.481 e. The fourth-order valence-electron chi connectivity index (χ4n) is 3.90. The van der Waals surface area contributed by atoms with E-state index in [1.165, 1.54) is 19.2 Å². The first kappa shape index (κ1) is 18.1. The maximum atomic E-state index is 14.5. The summed E-state index contributed by atoms with van der Waals surface area (Å²) in [6.07, 6.45) is 4.31. The Hall–Kier alpha value is -1.68. The summed E-state index contributed by atoms with van der Waals surface area (Å²) in [5.74, 6) is -0.289. The molecule has 0 aliphatic heterocycles. The molecule has 25 heavy (non-hydrogen) atoms. The van der Waals surface area contributed by atoms with E-state index in [4.69, 9.17) is 16.3 Å². The minimum atomic E-state index is -0.490. The maximum Gasteiger partial charge on any atom is 0.213 e. The second kappa shape index (κ2) is 6.91. The summed E-state index contributed by atoms with van der Waals surface area (Å²) in [6.45, 7) is 4.42. The number of hydrogen-bond acceptors (Lipinski definition) is 2. The number of nitrogens with zero attached hydrogens (tertiary/aromatic N) is 1. The summed E-state index contributed by atoms with van der Waals surface area (Å²) in [7, 11) is 1.47. The lowest BCUT2D eigenvalue weighted by Gasteiger charge is -2.30. The van der Waals surface area contributed by atoms with Crippen molar-refractivity contribution in [1.82, 2.24) is 4.98 Å². The first-order chi connectivity index (χ1) is 11.9. The lowest BCUT2D eigenvalue weighted by molar-refractivity contribution is 0.332. The Bertz CT molecular complexity index is 792. The maximum absolute atomic E-state index is 14.5. The standard InChI is InChI=1S/C20H22ClF2NO/c1-20(2)6-4-5-16(20)14-7-12(10-21)17(22)8-13(14)15-9-19(25-3)24-11-18(15)23/h7-9,11,16H,4-6,10H2,1-3H3/t16-/m0/s1. The van der Waals surface area contributed by atoms with Crippen molar-refractivity contribution in [3.63, 3.8) is 0 Å². The Morgan fingerprint density at radius 1 is 1.20 bits per heavy atom. The van der Waals surface area contributed by atoms with Gasteiger partial charge in [-0.15, -0.1) is 11.6 Å². The smallest absolute Gasteiger partial charge is 0.213 e. The molecule has 0 spiro atoms. The van der Waals surface area contributed by atoms with Crippen LogP contribution in [0.25, 0.3) is 11.1 Å². The molecule has 1 fully saturated rings. The van der Waals surface area contributed by atoms with Gasteiger partial charge in [-0.05, 0) is 41.4 Å². The number of alkyl halides is 1. The lowest BCUT2D eigenvalue weighted by Crippen LogP contribution is -2.17. The fourth-order valence-corrected chi connectivity index (χ4v) is 4.11. The predicted molar refractivity (Wildman–Crippen MR) is 96.1 cm³/mol. The van der Waals surface area contributed by atoms with Crippen LogP contribution in [0.2, 0.25) is 0 Å². The van der Waals surface area contributed by atoms with Crippen LogP contribution in [0.15, 0.2) is 24.4 Å². The number of benzene rings is 1. The molecule has 0 unspecified atom stereocenters. The van der Waals surface area contributed by atoms with Gasteiger partial charge in [0.2, 0.25) is 5.88 Å². The molecule has 1 aromatic heterocycles. The summed E-state index contributed by atoms with van der Waals surface area (Å²) in [4.78, 5) is 3.88. The molecule has 2 nitrogen and oxygen atoms in total. The van der Waals surface area contributed by atoms with Crippen molar-refractivity contribution in [2.75, 3.05) is 7.11 Å². The molecule has 0 radical (unpaired) electrons. The highest BCUT2D eigenvalue weighted by atomic mass is 35.5. The van der Waals surface area contributed by atoms with E-state index in [-0.39, 0.29) is 17.2 Å². The molecule has 1 saturated carbocycles. The average Bonchev–Trinajstić information content (AvgIpc) is 2.94. The summed E-state index contributed by atoms with van der Waals surface area (Å²) < 4.78 is 34.1. The van der Waals surface area contributed by atoms with Crippen LogP contribution in [0.5, 0.6) is 5.88 Å². The molecule has 1 atom stereocenters. The first-order valence-electron chi connectivity index (χ1n) is 8.45. The third-order valence-corrected chi connectivity index (χ3v) is 5.61. The highest BCUT2D eigenvalue weighted by Gasteiger charge is 2.37. The number of pyridine rings is 1. The van der Waals surface area contributed by atoms with Crippen molar-refractivity contribution in [3.8, 4) is 17.0 Å². The van der Waals surface area contributed by atoms with Crippen LogP contribution in [0.4, 0.5) is 8.78 Å². The van der Waals surface area contributed by atoms with Crippen molar-refractivity contribution in [2.45, 2.75) is 44.9 Å². The van der Waals surface area contributed by atoms with Crippen LogP contribution >= 0.6 is 11.6 Å². The molecule has 0 bridgehead atoms.